The maximum Gasteiger partial charge on any atom is 0.323 e. The fourth-order valence-corrected chi connectivity index (χ4v) is 5.30. The molecule has 41 heavy (non-hydrogen) atoms. The highest BCUT2D eigenvalue weighted by Crippen LogP contribution is 2.40. The van der Waals surface area contributed by atoms with Gasteiger partial charge in [0.2, 0.25) is 11.6 Å². The lowest BCUT2D eigenvalue weighted by molar-refractivity contribution is -0.136. The van der Waals surface area contributed by atoms with E-state index in [0.29, 0.717) is 12.7 Å². The van der Waals surface area contributed by atoms with Crippen LogP contribution in [-0.4, -0.2) is 71.9 Å². The molecule has 7 N–H and O–H groups in total. The van der Waals surface area contributed by atoms with Crippen molar-refractivity contribution >= 4 is 27.9 Å². The first-order chi connectivity index (χ1) is 19.3. The number of halogens is 2. The standard InChI is InChI=1S/C25H24F2N6O7S/c1-33-7-6-31-23(33)14-9-13(41(37,38)19(10-28)25(35)36)3-5-17(14)39-21-15(26)11-32-24(20(21)27)40-18-8-12(22(29)30)2-4-16(18)34/h2-6,8-9,11,19,23,34H,7,10,28H2,1H3,(H3,29,30)(H,35,36). The molecule has 0 saturated heterocycles. The number of nitrogen functional groups attached to an aromatic ring is 1. The summed E-state index contributed by atoms with van der Waals surface area (Å²) in [6.45, 7) is -0.325. The Kier molecular flexibility index (Phi) is 8.18. The lowest BCUT2D eigenvalue weighted by atomic mass is 10.1. The van der Waals surface area contributed by atoms with E-state index >= 15 is 4.39 Å². The molecule has 16 heteroatoms. The summed E-state index contributed by atoms with van der Waals surface area (Å²) in [6.07, 6.45) is 1.31. The summed E-state index contributed by atoms with van der Waals surface area (Å²) >= 11 is 0. The number of phenolic OH excluding ortho intramolecular Hbond substituents is 1. The summed E-state index contributed by atoms with van der Waals surface area (Å²) in [5, 5.41) is 25.0. The van der Waals surface area contributed by atoms with E-state index in [1.807, 2.05) is 0 Å². The monoisotopic (exact) mass is 590 g/mol. The van der Waals surface area contributed by atoms with Crippen molar-refractivity contribution in [2.45, 2.75) is 16.3 Å². The predicted octanol–water partition coefficient (Wildman–Crippen LogP) is 2.13. The molecule has 13 nitrogen and oxygen atoms in total. The number of nitrogens with zero attached hydrogens (tertiary/aromatic N) is 3. The number of nitrogens with two attached hydrogens (primary N) is 2. The second kappa shape index (κ2) is 11.4. The lowest BCUT2D eigenvalue weighted by Crippen LogP contribution is -2.37. The number of rotatable bonds is 10. The van der Waals surface area contributed by atoms with Gasteiger partial charge in [0.1, 0.15) is 17.8 Å². The third kappa shape index (κ3) is 5.79. The van der Waals surface area contributed by atoms with Gasteiger partial charge in [-0.05, 0) is 43.4 Å². The van der Waals surface area contributed by atoms with E-state index in [1.165, 1.54) is 12.3 Å². The van der Waals surface area contributed by atoms with Crippen molar-refractivity contribution < 1.29 is 41.7 Å². The maximum atomic E-state index is 15.5. The zero-order chi connectivity index (χ0) is 30.1. The normalized spacial score (nSPS) is 16.0. The summed E-state index contributed by atoms with van der Waals surface area (Å²) in [4.78, 5) is 20.6. The number of carbonyl (C=O) groups is 1. The number of hydrogen-bond donors (Lipinski definition) is 5. The van der Waals surface area contributed by atoms with Gasteiger partial charge in [0.05, 0.1) is 11.1 Å². The van der Waals surface area contributed by atoms with E-state index in [1.54, 1.807) is 11.9 Å². The smallest absolute Gasteiger partial charge is 0.323 e. The van der Waals surface area contributed by atoms with Gasteiger partial charge >= 0.3 is 5.97 Å². The molecule has 216 valence electrons. The van der Waals surface area contributed by atoms with Gasteiger partial charge in [-0.1, -0.05) is 0 Å². The SMILES string of the molecule is CN1CC=NC1c1cc(S(=O)(=O)C(CN)C(=O)O)ccc1Oc1c(F)cnc(Oc2cc(C(=N)N)ccc2O)c1F. The number of carboxylic acids is 1. The molecule has 0 saturated carbocycles. The van der Waals surface area contributed by atoms with Crippen LogP contribution >= 0.6 is 0 Å². The van der Waals surface area contributed by atoms with E-state index in [-0.39, 0.29) is 28.5 Å². The zero-order valence-corrected chi connectivity index (χ0v) is 22.1. The largest absolute Gasteiger partial charge is 0.504 e. The first-order valence-electron chi connectivity index (χ1n) is 11.7. The molecule has 0 aliphatic carbocycles. The minimum atomic E-state index is -4.46. The average molecular weight is 591 g/mol. The second-order valence-electron chi connectivity index (χ2n) is 8.81. The number of ether oxygens (including phenoxy) is 2. The van der Waals surface area contributed by atoms with Crippen molar-refractivity contribution in [3.8, 4) is 28.9 Å². The molecule has 4 rings (SSSR count). The number of pyridine rings is 1. The number of hydrogen-bond acceptors (Lipinski definition) is 11. The molecule has 1 aliphatic heterocycles. The Hall–Kier alpha value is -4.67. The molecule has 3 aromatic rings. The third-order valence-electron chi connectivity index (χ3n) is 6.07. The van der Waals surface area contributed by atoms with Crippen LogP contribution in [0.5, 0.6) is 28.9 Å². The number of aromatic hydroxyl groups is 1. The van der Waals surface area contributed by atoms with Gasteiger partial charge in [0, 0.05) is 30.4 Å². The van der Waals surface area contributed by atoms with Gasteiger partial charge in [-0.15, -0.1) is 0 Å². The van der Waals surface area contributed by atoms with E-state index in [0.717, 1.165) is 30.3 Å². The fraction of sp³-hybridized carbons (Fsp3) is 0.200. The van der Waals surface area contributed by atoms with Crippen LogP contribution in [0.2, 0.25) is 0 Å². The van der Waals surface area contributed by atoms with Crippen molar-refractivity contribution in [3.05, 3.63) is 65.4 Å². The molecular weight excluding hydrogens is 566 g/mol. The van der Waals surface area contributed by atoms with Gasteiger partial charge in [-0.2, -0.15) is 4.39 Å². The molecule has 2 aromatic carbocycles. The van der Waals surface area contributed by atoms with Gasteiger partial charge < -0.3 is 31.2 Å². The van der Waals surface area contributed by atoms with Crippen molar-refractivity contribution in [3.63, 3.8) is 0 Å². The van der Waals surface area contributed by atoms with Crippen LogP contribution < -0.4 is 20.9 Å². The molecule has 1 aliphatic rings. The number of phenols is 1. The van der Waals surface area contributed by atoms with E-state index in [9.17, 15) is 27.8 Å². The molecule has 0 bridgehead atoms. The van der Waals surface area contributed by atoms with Crippen LogP contribution in [0.15, 0.2) is 52.5 Å². The van der Waals surface area contributed by atoms with Crippen molar-refractivity contribution in [1.29, 1.82) is 5.41 Å². The molecule has 0 radical (unpaired) electrons. The van der Waals surface area contributed by atoms with Gasteiger partial charge in [0.25, 0.3) is 5.88 Å². The van der Waals surface area contributed by atoms with Crippen LogP contribution in [-0.2, 0) is 14.6 Å². The number of carboxylic acid groups (broad SMARTS) is 1. The number of aliphatic imine (C=N–C) groups is 1. The summed E-state index contributed by atoms with van der Waals surface area (Å²) in [6, 6.07) is 6.89. The molecule has 0 amide bonds. The van der Waals surface area contributed by atoms with Crippen molar-refractivity contribution in [1.82, 2.24) is 9.88 Å². The van der Waals surface area contributed by atoms with Crippen LogP contribution in [0.1, 0.15) is 17.3 Å². The minimum Gasteiger partial charge on any atom is -0.504 e. The Balaban J connectivity index is 1.78. The zero-order valence-electron chi connectivity index (χ0n) is 21.3. The number of nitrogens with one attached hydrogen (secondary N) is 1. The highest BCUT2D eigenvalue weighted by Gasteiger charge is 2.35. The van der Waals surface area contributed by atoms with Gasteiger partial charge in [-0.25, -0.2) is 17.8 Å². The quantitative estimate of drug-likeness (QED) is 0.170. The number of amidine groups is 1. The molecule has 0 spiro atoms. The van der Waals surface area contributed by atoms with E-state index in [2.05, 4.69) is 9.98 Å². The van der Waals surface area contributed by atoms with Gasteiger partial charge in [0.15, 0.2) is 32.4 Å². The summed E-state index contributed by atoms with van der Waals surface area (Å²) in [5.41, 5.74) is 11.0. The Bertz CT molecular complexity index is 1670. The summed E-state index contributed by atoms with van der Waals surface area (Å²) < 4.78 is 67.2. The second-order valence-corrected chi connectivity index (χ2v) is 10.9. The molecule has 2 heterocycles. The number of aliphatic carboxylic acids is 1. The van der Waals surface area contributed by atoms with Crippen molar-refractivity contribution in [2.75, 3.05) is 20.1 Å². The third-order valence-corrected chi connectivity index (χ3v) is 8.13. The first kappa shape index (κ1) is 29.3. The predicted molar refractivity (Wildman–Crippen MR) is 141 cm³/mol. The first-order valence-corrected chi connectivity index (χ1v) is 13.3. The Morgan fingerprint density at radius 2 is 1.95 bits per heavy atom. The van der Waals surface area contributed by atoms with Crippen LogP contribution in [0.3, 0.4) is 0 Å². The Labute approximate surface area is 232 Å². The number of sulfone groups is 1. The Morgan fingerprint density at radius 1 is 1.22 bits per heavy atom. The molecule has 1 aromatic heterocycles. The number of aromatic nitrogens is 1. The minimum absolute atomic E-state index is 0.0633. The van der Waals surface area contributed by atoms with E-state index < -0.39 is 67.7 Å². The fourth-order valence-electron chi connectivity index (χ4n) is 3.90. The number of benzene rings is 2. The van der Waals surface area contributed by atoms with Crippen LogP contribution in [0.25, 0.3) is 0 Å². The topological polar surface area (TPSA) is 215 Å². The lowest BCUT2D eigenvalue weighted by Gasteiger charge is -2.22. The van der Waals surface area contributed by atoms with Crippen LogP contribution in [0, 0.1) is 17.0 Å². The molecule has 2 atom stereocenters. The highest BCUT2D eigenvalue weighted by atomic mass is 32.2. The summed E-state index contributed by atoms with van der Waals surface area (Å²) in [5.74, 6) is -7.37. The maximum absolute atomic E-state index is 15.5. The van der Waals surface area contributed by atoms with Gasteiger partial charge in [-0.3, -0.25) is 20.1 Å². The molecule has 2 unspecified atom stereocenters. The van der Waals surface area contributed by atoms with E-state index in [4.69, 9.17) is 26.4 Å². The summed E-state index contributed by atoms with van der Waals surface area (Å²) in [7, 11) is -2.80. The van der Waals surface area contributed by atoms with Crippen LogP contribution in [0.4, 0.5) is 8.78 Å². The Morgan fingerprint density at radius 3 is 2.56 bits per heavy atom. The average Bonchev–Trinajstić information content (AvgIpc) is 3.34. The molecule has 0 fully saturated rings. The molecular formula is C25H24F2N6O7S. The highest BCUT2D eigenvalue weighted by molar-refractivity contribution is 7.92. The van der Waals surface area contributed by atoms with Crippen molar-refractivity contribution in [2.24, 2.45) is 16.5 Å².